The Kier molecular flexibility index (Phi) is 6.61. The van der Waals surface area contributed by atoms with Crippen molar-refractivity contribution in [3.05, 3.63) is 102 Å². The molecule has 4 nitrogen and oxygen atoms in total. The van der Waals surface area contributed by atoms with E-state index in [1.807, 2.05) is 60.7 Å². The third-order valence-electron chi connectivity index (χ3n) is 4.71. The van der Waals surface area contributed by atoms with Gasteiger partial charge in [-0.15, -0.1) is 0 Å². The van der Waals surface area contributed by atoms with Crippen molar-refractivity contribution in [2.24, 2.45) is 0 Å². The Morgan fingerprint density at radius 1 is 0.786 bits per heavy atom. The molecule has 3 aromatic carbocycles. The molecule has 0 N–H and O–H groups in total. The number of hydrogen-bond acceptors (Lipinski definition) is 3. The van der Waals surface area contributed by atoms with E-state index in [1.54, 1.807) is 35.2 Å². The summed E-state index contributed by atoms with van der Waals surface area (Å²) >= 11 is 0. The number of benzene rings is 3. The predicted molar refractivity (Wildman–Crippen MR) is 111 cm³/mol. The number of carbonyl (C=O) groups is 1. The third-order valence-corrected chi connectivity index (χ3v) is 6.42. The largest absolute Gasteiger partial charge is 0.337 e. The van der Waals surface area contributed by atoms with E-state index in [2.05, 4.69) is 0 Å². The molecule has 5 heteroatoms. The minimum Gasteiger partial charge on any atom is -0.337 e. The summed E-state index contributed by atoms with van der Waals surface area (Å²) in [5.41, 5.74) is 2.07. The molecule has 0 saturated heterocycles. The van der Waals surface area contributed by atoms with Crippen LogP contribution < -0.4 is 0 Å². The van der Waals surface area contributed by atoms with Crippen LogP contribution >= 0.6 is 0 Å². The first kappa shape index (κ1) is 19.8. The van der Waals surface area contributed by atoms with Crippen LogP contribution in [-0.2, 0) is 21.1 Å². The Balaban J connectivity index is 1.82. The molecule has 0 fully saturated rings. The van der Waals surface area contributed by atoms with Gasteiger partial charge in [0.2, 0.25) is 6.41 Å². The zero-order valence-electron chi connectivity index (χ0n) is 15.5. The van der Waals surface area contributed by atoms with Crippen LogP contribution in [0.1, 0.15) is 17.2 Å². The van der Waals surface area contributed by atoms with Crippen LogP contribution in [0.5, 0.6) is 0 Å². The Hall–Kier alpha value is -2.92. The Morgan fingerprint density at radius 2 is 1.32 bits per heavy atom. The van der Waals surface area contributed by atoms with Gasteiger partial charge in [-0.25, -0.2) is 8.42 Å². The second-order valence-corrected chi connectivity index (χ2v) is 8.70. The average molecular weight is 394 g/mol. The summed E-state index contributed by atoms with van der Waals surface area (Å²) in [6.45, 7) is 0.132. The molecule has 0 spiro atoms. The van der Waals surface area contributed by atoms with Crippen LogP contribution in [0.3, 0.4) is 0 Å². The number of nitrogens with zero attached hydrogens (tertiary/aromatic N) is 1. The van der Waals surface area contributed by atoms with Crippen molar-refractivity contribution in [1.29, 1.82) is 0 Å². The maximum absolute atomic E-state index is 12.6. The van der Waals surface area contributed by atoms with Gasteiger partial charge < -0.3 is 4.90 Å². The van der Waals surface area contributed by atoms with Crippen LogP contribution in [0.2, 0.25) is 0 Å². The first-order chi connectivity index (χ1) is 13.6. The molecule has 0 aliphatic carbocycles. The van der Waals surface area contributed by atoms with Gasteiger partial charge in [-0.3, -0.25) is 4.79 Å². The topological polar surface area (TPSA) is 54.5 Å². The van der Waals surface area contributed by atoms with Crippen molar-refractivity contribution >= 4 is 16.2 Å². The van der Waals surface area contributed by atoms with Gasteiger partial charge in [-0.2, -0.15) is 0 Å². The van der Waals surface area contributed by atoms with Gasteiger partial charge in [0.15, 0.2) is 9.84 Å². The summed E-state index contributed by atoms with van der Waals surface area (Å²) in [5, 5.41) is 0. The molecule has 1 amide bonds. The third kappa shape index (κ3) is 5.08. The number of sulfone groups is 1. The first-order valence-corrected chi connectivity index (χ1v) is 10.8. The van der Waals surface area contributed by atoms with Gasteiger partial charge >= 0.3 is 0 Å². The van der Waals surface area contributed by atoms with Gasteiger partial charge in [0.05, 0.1) is 16.7 Å². The lowest BCUT2D eigenvalue weighted by molar-refractivity contribution is -0.120. The number of rotatable bonds is 9. The minimum absolute atomic E-state index is 0.117. The SMILES string of the molecule is O=CN(CCS(=O)(=O)c1ccccc1)[C@H](Cc1ccccc1)c1ccccc1. The van der Waals surface area contributed by atoms with E-state index in [9.17, 15) is 13.2 Å². The number of hydrogen-bond donors (Lipinski definition) is 0. The second kappa shape index (κ2) is 9.33. The van der Waals surface area contributed by atoms with Gasteiger partial charge in [0, 0.05) is 6.54 Å². The van der Waals surface area contributed by atoms with E-state index in [1.165, 1.54) is 0 Å². The smallest absolute Gasteiger partial charge is 0.210 e. The molecule has 0 heterocycles. The summed E-state index contributed by atoms with van der Waals surface area (Å²) in [4.78, 5) is 13.8. The van der Waals surface area contributed by atoms with Crippen molar-refractivity contribution in [3.63, 3.8) is 0 Å². The highest BCUT2D eigenvalue weighted by atomic mass is 32.2. The van der Waals surface area contributed by atoms with E-state index in [4.69, 9.17) is 0 Å². The monoisotopic (exact) mass is 393 g/mol. The standard InChI is InChI=1S/C23H23NO3S/c25-19-24(16-17-28(26,27)22-14-8-3-9-15-22)23(21-12-6-2-7-13-21)18-20-10-4-1-5-11-20/h1-15,19,23H,16-18H2/t23-/m1/s1. The summed E-state index contributed by atoms with van der Waals surface area (Å²) in [6, 6.07) is 27.7. The lowest BCUT2D eigenvalue weighted by atomic mass is 9.98. The summed E-state index contributed by atoms with van der Waals surface area (Å²) < 4.78 is 25.3. The fourth-order valence-corrected chi connectivity index (χ4v) is 4.45. The maximum atomic E-state index is 12.6. The normalized spacial score (nSPS) is 12.3. The van der Waals surface area contributed by atoms with Crippen LogP contribution in [0.15, 0.2) is 95.9 Å². The van der Waals surface area contributed by atoms with E-state index < -0.39 is 9.84 Å². The quantitative estimate of drug-likeness (QED) is 0.518. The molecule has 0 unspecified atom stereocenters. The van der Waals surface area contributed by atoms with Crippen LogP contribution in [0, 0.1) is 0 Å². The predicted octanol–water partition coefficient (Wildman–Crippen LogP) is 3.90. The molecular weight excluding hydrogens is 370 g/mol. The van der Waals surface area contributed by atoms with Gasteiger partial charge in [-0.1, -0.05) is 78.9 Å². The highest BCUT2D eigenvalue weighted by Crippen LogP contribution is 2.24. The molecule has 0 saturated carbocycles. The molecular formula is C23H23NO3S. The van der Waals surface area contributed by atoms with Crippen molar-refractivity contribution in [2.75, 3.05) is 12.3 Å². The van der Waals surface area contributed by atoms with Gasteiger partial charge in [0.25, 0.3) is 0 Å². The Morgan fingerprint density at radius 3 is 1.89 bits per heavy atom. The molecule has 3 rings (SSSR count). The van der Waals surface area contributed by atoms with Crippen molar-refractivity contribution < 1.29 is 13.2 Å². The highest BCUT2D eigenvalue weighted by Gasteiger charge is 2.22. The number of amides is 1. The van der Waals surface area contributed by atoms with E-state index in [-0.39, 0.29) is 23.2 Å². The van der Waals surface area contributed by atoms with E-state index in [0.29, 0.717) is 6.42 Å². The van der Waals surface area contributed by atoms with Gasteiger partial charge in [0.1, 0.15) is 0 Å². The fraction of sp³-hybridized carbons (Fsp3) is 0.174. The molecule has 3 aromatic rings. The summed E-state index contributed by atoms with van der Waals surface area (Å²) in [5.74, 6) is -0.117. The highest BCUT2D eigenvalue weighted by molar-refractivity contribution is 7.91. The van der Waals surface area contributed by atoms with Crippen molar-refractivity contribution in [3.8, 4) is 0 Å². The summed E-state index contributed by atoms with van der Waals surface area (Å²) in [7, 11) is -3.45. The molecule has 144 valence electrons. The van der Waals surface area contributed by atoms with Crippen molar-refractivity contribution in [2.45, 2.75) is 17.4 Å². The van der Waals surface area contributed by atoms with Crippen LogP contribution in [0.4, 0.5) is 0 Å². The molecule has 28 heavy (non-hydrogen) atoms. The van der Waals surface area contributed by atoms with Crippen molar-refractivity contribution in [1.82, 2.24) is 4.90 Å². The number of carbonyl (C=O) groups excluding carboxylic acids is 1. The molecule has 0 aliphatic heterocycles. The Labute approximate surface area is 166 Å². The fourth-order valence-electron chi connectivity index (χ4n) is 3.19. The zero-order chi connectivity index (χ0) is 19.8. The molecule has 1 atom stereocenters. The summed E-state index contributed by atoms with van der Waals surface area (Å²) in [6.07, 6.45) is 1.37. The molecule has 0 aliphatic rings. The molecule has 0 radical (unpaired) electrons. The maximum Gasteiger partial charge on any atom is 0.210 e. The van der Waals surface area contributed by atoms with Crippen LogP contribution in [-0.4, -0.2) is 32.0 Å². The molecule has 0 bridgehead atoms. The average Bonchev–Trinajstić information content (AvgIpc) is 2.75. The van der Waals surface area contributed by atoms with E-state index >= 15 is 0 Å². The van der Waals surface area contributed by atoms with Gasteiger partial charge in [-0.05, 0) is 29.7 Å². The zero-order valence-corrected chi connectivity index (χ0v) is 16.3. The lowest BCUT2D eigenvalue weighted by Crippen LogP contribution is -2.33. The Bertz CT molecular complexity index is 974. The molecule has 0 aromatic heterocycles. The van der Waals surface area contributed by atoms with Crippen LogP contribution in [0.25, 0.3) is 0 Å². The minimum atomic E-state index is -3.45. The second-order valence-electron chi connectivity index (χ2n) is 6.59. The lowest BCUT2D eigenvalue weighted by Gasteiger charge is -2.29. The first-order valence-electron chi connectivity index (χ1n) is 9.18. The van der Waals surface area contributed by atoms with E-state index in [0.717, 1.165) is 17.5 Å².